The molecule has 1 aliphatic rings. The van der Waals surface area contributed by atoms with Crippen molar-refractivity contribution in [3.05, 3.63) is 89.0 Å². The van der Waals surface area contributed by atoms with Crippen LogP contribution in [-0.4, -0.2) is 94.6 Å². The Labute approximate surface area is 279 Å². The van der Waals surface area contributed by atoms with Gasteiger partial charge in [0.15, 0.2) is 46.1 Å². The molecule has 3 aromatic carbocycles. The zero-order valence-electron chi connectivity index (χ0n) is 26.2. The van der Waals surface area contributed by atoms with Crippen LogP contribution in [0.15, 0.2) is 66.7 Å². The van der Waals surface area contributed by atoms with Crippen molar-refractivity contribution in [3.8, 4) is 23.0 Å². The van der Waals surface area contributed by atoms with Gasteiger partial charge in [-0.15, -0.1) is 0 Å². The van der Waals surface area contributed by atoms with E-state index < -0.39 is 95.5 Å². The quantitative estimate of drug-likeness (QED) is 0.0448. The van der Waals surface area contributed by atoms with Crippen molar-refractivity contribution in [2.45, 2.75) is 56.0 Å². The number of hydrogen-bond donors (Lipinski definition) is 8. The smallest absolute Gasteiger partial charge is 0.336 e. The van der Waals surface area contributed by atoms with Gasteiger partial charge in [-0.3, -0.25) is 9.59 Å². The van der Waals surface area contributed by atoms with E-state index in [1.807, 2.05) is 13.0 Å². The molecule has 1 saturated carbocycles. The van der Waals surface area contributed by atoms with E-state index in [1.54, 1.807) is 18.2 Å². The summed E-state index contributed by atoms with van der Waals surface area (Å²) in [6.45, 7) is 0.648. The van der Waals surface area contributed by atoms with Gasteiger partial charge in [-0.05, 0) is 65.9 Å². The van der Waals surface area contributed by atoms with Crippen LogP contribution in [0, 0.1) is 5.92 Å². The van der Waals surface area contributed by atoms with Gasteiger partial charge in [0.05, 0.1) is 6.61 Å². The number of carboxylic acid groups (broad SMARTS) is 1. The Morgan fingerprint density at radius 2 is 1.55 bits per heavy atom. The maximum absolute atomic E-state index is 13.3. The average Bonchev–Trinajstić information content (AvgIpc) is 3.06. The van der Waals surface area contributed by atoms with Crippen molar-refractivity contribution in [1.82, 2.24) is 0 Å². The minimum Gasteiger partial charge on any atom is -0.504 e. The first kappa shape index (κ1) is 36.4. The normalized spacial score (nSPS) is 23.6. The first-order valence-electron chi connectivity index (χ1n) is 15.1. The van der Waals surface area contributed by atoms with Crippen molar-refractivity contribution in [2.75, 3.05) is 6.61 Å². The zero-order valence-corrected chi connectivity index (χ0v) is 26.2. The van der Waals surface area contributed by atoms with E-state index in [-0.39, 0.29) is 17.5 Å². The minimum absolute atomic E-state index is 0.198. The fraction of sp³-hybridized carbons (Fsp3) is 0.314. The van der Waals surface area contributed by atoms with Gasteiger partial charge in [-0.25, -0.2) is 9.59 Å². The Morgan fingerprint density at radius 1 is 0.898 bits per heavy atom. The number of carbonyl (C=O) groups excluding carboxylic acids is 3. The highest BCUT2D eigenvalue weighted by Crippen LogP contribution is 2.46. The SMILES string of the molecule is CCc1cccc(CC2C(OC(=O)CC(=O)c3ccc(O)c(O)c3)C(CO)(OC(=O)C=Cc3ccc(O)c(O)c3)C(O)CC2(O)C(=O)O)c1. The largest absolute Gasteiger partial charge is 0.504 e. The number of Topliss-reactive ketones (excluding diaryl/α,β-unsaturated/α-hetero) is 1. The molecule has 4 rings (SSSR count). The fourth-order valence-electron chi connectivity index (χ4n) is 5.83. The number of phenols is 4. The Hall–Kier alpha value is -5.44. The predicted molar refractivity (Wildman–Crippen MR) is 170 cm³/mol. The minimum atomic E-state index is -2.80. The summed E-state index contributed by atoms with van der Waals surface area (Å²) in [4.78, 5) is 52.1. The summed E-state index contributed by atoms with van der Waals surface area (Å²) >= 11 is 0. The lowest BCUT2D eigenvalue weighted by molar-refractivity contribution is -0.267. The molecule has 1 fully saturated rings. The summed E-state index contributed by atoms with van der Waals surface area (Å²) in [5, 5.41) is 82.5. The van der Waals surface area contributed by atoms with Crippen LogP contribution in [0.4, 0.5) is 0 Å². The van der Waals surface area contributed by atoms with Gasteiger partial charge in [0.2, 0.25) is 0 Å². The van der Waals surface area contributed by atoms with E-state index in [1.165, 1.54) is 6.07 Å². The summed E-state index contributed by atoms with van der Waals surface area (Å²) < 4.78 is 11.2. The van der Waals surface area contributed by atoms with Gasteiger partial charge in [0.25, 0.3) is 0 Å². The summed E-state index contributed by atoms with van der Waals surface area (Å²) in [5.41, 5.74) is -4.02. The monoisotopic (exact) mass is 680 g/mol. The molecule has 0 aliphatic heterocycles. The molecule has 5 atom stereocenters. The van der Waals surface area contributed by atoms with Crippen molar-refractivity contribution in [3.63, 3.8) is 0 Å². The molecule has 0 radical (unpaired) electrons. The second-order valence-corrected chi connectivity index (χ2v) is 11.8. The van der Waals surface area contributed by atoms with Crippen LogP contribution in [0.2, 0.25) is 0 Å². The number of ether oxygens (including phenoxy) is 2. The van der Waals surface area contributed by atoms with E-state index in [0.717, 1.165) is 48.0 Å². The molecule has 0 heterocycles. The van der Waals surface area contributed by atoms with Crippen molar-refractivity contribution in [2.24, 2.45) is 5.92 Å². The lowest BCUT2D eigenvalue weighted by atomic mass is 9.63. The lowest BCUT2D eigenvalue weighted by Gasteiger charge is -2.52. The molecule has 14 nitrogen and oxygen atoms in total. The van der Waals surface area contributed by atoms with E-state index in [9.17, 15) is 60.0 Å². The van der Waals surface area contributed by atoms with Crippen molar-refractivity contribution >= 4 is 29.8 Å². The van der Waals surface area contributed by atoms with Crippen molar-refractivity contribution < 1.29 is 69.5 Å². The molecule has 1 aliphatic carbocycles. The Morgan fingerprint density at radius 3 is 2.16 bits per heavy atom. The van der Waals surface area contributed by atoms with Gasteiger partial charge in [0, 0.05) is 24.0 Å². The molecule has 0 aromatic heterocycles. The molecule has 0 amide bonds. The third kappa shape index (κ3) is 7.83. The van der Waals surface area contributed by atoms with E-state index >= 15 is 0 Å². The first-order chi connectivity index (χ1) is 23.1. The van der Waals surface area contributed by atoms with Crippen LogP contribution in [0.5, 0.6) is 23.0 Å². The topological polar surface area (TPSA) is 249 Å². The summed E-state index contributed by atoms with van der Waals surface area (Å²) in [6.07, 6.45) is -3.89. The molecule has 49 heavy (non-hydrogen) atoms. The van der Waals surface area contributed by atoms with Gasteiger partial charge >= 0.3 is 17.9 Å². The molecular weight excluding hydrogens is 644 g/mol. The number of aryl methyl sites for hydroxylation is 1. The molecule has 0 spiro atoms. The molecule has 8 N–H and O–H groups in total. The Kier molecular flexibility index (Phi) is 11.0. The molecule has 5 unspecified atom stereocenters. The summed E-state index contributed by atoms with van der Waals surface area (Å²) in [7, 11) is 0. The van der Waals surface area contributed by atoms with Gasteiger partial charge < -0.3 is 50.3 Å². The first-order valence-corrected chi connectivity index (χ1v) is 15.1. The van der Waals surface area contributed by atoms with E-state index in [2.05, 4.69) is 0 Å². The maximum atomic E-state index is 13.3. The molecule has 0 bridgehead atoms. The standard InChI is InChI=1S/C35H36O14/c1-2-19-4-3-5-21(12-19)13-23-32(48-31(44)16-26(39)22-8-10-25(38)28(41)15-22)35(18-36,29(42)17-34(23,47)33(45)46)49-30(43)11-7-20-6-9-24(37)27(40)14-20/h3-12,14-15,23,29,32,36-38,40-42,47H,2,13,16-18H2,1H3,(H,45,46). The second-order valence-electron chi connectivity index (χ2n) is 11.8. The Balaban J connectivity index is 1.76. The second kappa shape index (κ2) is 14.8. The van der Waals surface area contributed by atoms with Crippen LogP contribution >= 0.6 is 0 Å². The van der Waals surface area contributed by atoms with Gasteiger partial charge in [0.1, 0.15) is 12.5 Å². The molecule has 3 aromatic rings. The number of ketones is 1. The number of aliphatic carboxylic acids is 1. The van der Waals surface area contributed by atoms with Crippen LogP contribution in [0.3, 0.4) is 0 Å². The lowest BCUT2D eigenvalue weighted by Crippen LogP contribution is -2.72. The number of benzene rings is 3. The zero-order chi connectivity index (χ0) is 36.1. The number of carbonyl (C=O) groups is 4. The van der Waals surface area contributed by atoms with E-state index in [0.29, 0.717) is 12.0 Å². The van der Waals surface area contributed by atoms with Crippen LogP contribution in [0.25, 0.3) is 6.08 Å². The highest BCUT2D eigenvalue weighted by Gasteiger charge is 2.66. The third-order valence-corrected chi connectivity index (χ3v) is 8.56. The fourth-order valence-corrected chi connectivity index (χ4v) is 5.83. The summed E-state index contributed by atoms with van der Waals surface area (Å²) in [5.74, 6) is -8.98. The Bertz CT molecular complexity index is 1770. The van der Waals surface area contributed by atoms with Crippen LogP contribution < -0.4 is 0 Å². The highest BCUT2D eigenvalue weighted by atomic mass is 16.6. The highest BCUT2D eigenvalue weighted by molar-refractivity contribution is 6.06. The third-order valence-electron chi connectivity index (χ3n) is 8.56. The van der Waals surface area contributed by atoms with Crippen molar-refractivity contribution in [1.29, 1.82) is 0 Å². The molecular formula is C35H36O14. The number of aliphatic hydroxyl groups excluding tert-OH is 2. The number of aromatic hydroxyl groups is 4. The number of hydrogen-bond acceptors (Lipinski definition) is 13. The number of esters is 2. The maximum Gasteiger partial charge on any atom is 0.336 e. The van der Waals surface area contributed by atoms with Crippen LogP contribution in [-0.2, 0) is 36.7 Å². The number of carboxylic acids is 1. The van der Waals surface area contributed by atoms with Crippen LogP contribution in [0.1, 0.15) is 46.8 Å². The number of aliphatic hydroxyl groups is 3. The molecule has 260 valence electrons. The average molecular weight is 681 g/mol. The molecule has 0 saturated heterocycles. The van der Waals surface area contributed by atoms with Gasteiger partial charge in [-0.1, -0.05) is 37.3 Å². The number of phenolic OH excluding ortho intramolecular Hbond substituents is 4. The predicted octanol–water partition coefficient (Wildman–Crippen LogP) is 1.98. The number of rotatable bonds is 12. The van der Waals surface area contributed by atoms with Gasteiger partial charge in [-0.2, -0.15) is 0 Å². The summed E-state index contributed by atoms with van der Waals surface area (Å²) in [6, 6.07) is 13.5. The van der Waals surface area contributed by atoms with E-state index in [4.69, 9.17) is 9.47 Å². The molecule has 14 heteroatoms.